The molecule has 0 bridgehead atoms. The largest absolute Gasteiger partial charge is 0.477 e. The first-order chi connectivity index (χ1) is 7.75. The van der Waals surface area contributed by atoms with Gasteiger partial charge in [0.1, 0.15) is 5.70 Å². The van der Waals surface area contributed by atoms with Gasteiger partial charge in [0.15, 0.2) is 0 Å². The topological polar surface area (TPSA) is 49.3 Å². The number of aliphatic carboxylic acids is 1. The van der Waals surface area contributed by atoms with Crippen LogP contribution in [0.2, 0.25) is 0 Å². The van der Waals surface area contributed by atoms with Crippen LogP contribution in [0.3, 0.4) is 0 Å². The van der Waals surface area contributed by atoms with E-state index in [0.29, 0.717) is 0 Å². The number of rotatable bonds is 1. The quantitative estimate of drug-likeness (QED) is 0.762. The van der Waals surface area contributed by atoms with Crippen molar-refractivity contribution in [2.75, 3.05) is 5.32 Å². The Morgan fingerprint density at radius 3 is 2.62 bits per heavy atom. The van der Waals surface area contributed by atoms with Crippen LogP contribution in [0.4, 0.5) is 5.69 Å². The van der Waals surface area contributed by atoms with Gasteiger partial charge in [-0.1, -0.05) is 30.3 Å². The van der Waals surface area contributed by atoms with E-state index in [9.17, 15) is 4.79 Å². The second-order valence-corrected chi connectivity index (χ2v) is 3.74. The molecule has 0 fully saturated rings. The summed E-state index contributed by atoms with van der Waals surface area (Å²) < 4.78 is 0. The van der Waals surface area contributed by atoms with Crippen LogP contribution >= 0.6 is 0 Å². The van der Waals surface area contributed by atoms with Crippen LogP contribution < -0.4 is 5.32 Å². The average molecular weight is 211 g/mol. The number of anilines is 1. The van der Waals surface area contributed by atoms with Crippen LogP contribution in [0.5, 0.6) is 0 Å². The summed E-state index contributed by atoms with van der Waals surface area (Å²) in [5, 5.41) is 14.1. The maximum atomic E-state index is 11.0. The zero-order valence-electron chi connectivity index (χ0n) is 8.40. The van der Waals surface area contributed by atoms with E-state index in [1.807, 2.05) is 36.4 Å². The third-order valence-electron chi connectivity index (χ3n) is 2.74. The van der Waals surface area contributed by atoms with Crippen LogP contribution in [-0.4, -0.2) is 11.1 Å². The van der Waals surface area contributed by atoms with E-state index >= 15 is 0 Å². The molecule has 0 aliphatic carbocycles. The summed E-state index contributed by atoms with van der Waals surface area (Å²) in [5.74, 6) is -0.938. The van der Waals surface area contributed by atoms with Crippen LogP contribution in [0.25, 0.3) is 16.8 Å². The van der Waals surface area contributed by atoms with E-state index < -0.39 is 5.97 Å². The molecule has 78 valence electrons. The predicted octanol–water partition coefficient (Wildman–Crippen LogP) is 2.69. The smallest absolute Gasteiger partial charge is 0.352 e. The van der Waals surface area contributed by atoms with Crippen molar-refractivity contribution in [2.45, 2.75) is 0 Å². The molecule has 0 atom stereocenters. The highest BCUT2D eigenvalue weighted by Gasteiger charge is 2.16. The van der Waals surface area contributed by atoms with Crippen molar-refractivity contribution in [3.63, 3.8) is 0 Å². The van der Waals surface area contributed by atoms with Gasteiger partial charge in [0.2, 0.25) is 0 Å². The van der Waals surface area contributed by atoms with Gasteiger partial charge in [0, 0.05) is 11.1 Å². The number of carboxylic acid groups (broad SMARTS) is 1. The van der Waals surface area contributed by atoms with Crippen molar-refractivity contribution in [2.24, 2.45) is 0 Å². The molecule has 16 heavy (non-hydrogen) atoms. The lowest BCUT2D eigenvalue weighted by Gasteiger charge is -2.17. The van der Waals surface area contributed by atoms with Crippen molar-refractivity contribution in [3.8, 4) is 0 Å². The number of benzene rings is 2. The molecule has 3 nitrogen and oxygen atoms in total. The van der Waals surface area contributed by atoms with Crippen LogP contribution in [0.1, 0.15) is 5.56 Å². The van der Waals surface area contributed by atoms with E-state index in [-0.39, 0.29) is 5.70 Å². The highest BCUT2D eigenvalue weighted by Crippen LogP contribution is 2.32. The minimum atomic E-state index is -0.938. The Bertz CT molecular complexity index is 624. The van der Waals surface area contributed by atoms with Gasteiger partial charge >= 0.3 is 5.97 Å². The first-order valence-electron chi connectivity index (χ1n) is 4.99. The molecule has 3 rings (SSSR count). The monoisotopic (exact) mass is 211 g/mol. The summed E-state index contributed by atoms with van der Waals surface area (Å²) in [7, 11) is 0. The van der Waals surface area contributed by atoms with E-state index in [1.165, 1.54) is 0 Å². The first kappa shape index (κ1) is 8.97. The Labute approximate surface area is 92.0 Å². The van der Waals surface area contributed by atoms with Gasteiger partial charge in [-0.05, 0) is 23.1 Å². The third kappa shape index (κ3) is 1.18. The molecule has 2 aromatic rings. The molecule has 0 saturated carbocycles. The van der Waals surface area contributed by atoms with Crippen molar-refractivity contribution < 1.29 is 9.90 Å². The summed E-state index contributed by atoms with van der Waals surface area (Å²) in [5.41, 5.74) is 2.02. The fourth-order valence-electron chi connectivity index (χ4n) is 2.05. The molecule has 0 amide bonds. The highest BCUT2D eigenvalue weighted by atomic mass is 16.4. The molecule has 0 radical (unpaired) electrons. The molecule has 2 N–H and O–H groups in total. The maximum absolute atomic E-state index is 11.0. The number of nitrogens with one attached hydrogen (secondary N) is 1. The van der Waals surface area contributed by atoms with Crippen molar-refractivity contribution >= 4 is 28.5 Å². The average Bonchev–Trinajstić information content (AvgIpc) is 2.29. The van der Waals surface area contributed by atoms with Crippen LogP contribution in [-0.2, 0) is 4.79 Å². The Hall–Kier alpha value is -2.29. The summed E-state index contributed by atoms with van der Waals surface area (Å²) in [6.45, 7) is 0. The van der Waals surface area contributed by atoms with Crippen LogP contribution in [0, 0.1) is 0 Å². The van der Waals surface area contributed by atoms with Gasteiger partial charge in [-0.3, -0.25) is 0 Å². The molecule has 0 aromatic heterocycles. The van der Waals surface area contributed by atoms with Gasteiger partial charge < -0.3 is 10.4 Å². The fourth-order valence-corrected chi connectivity index (χ4v) is 2.05. The first-order valence-corrected chi connectivity index (χ1v) is 4.99. The zero-order chi connectivity index (χ0) is 11.1. The summed E-state index contributed by atoms with van der Waals surface area (Å²) >= 11 is 0. The molecule has 1 heterocycles. The van der Waals surface area contributed by atoms with E-state index in [0.717, 1.165) is 22.0 Å². The Morgan fingerprint density at radius 2 is 1.88 bits per heavy atom. The van der Waals surface area contributed by atoms with Crippen molar-refractivity contribution in [1.82, 2.24) is 0 Å². The van der Waals surface area contributed by atoms with Crippen molar-refractivity contribution in [1.29, 1.82) is 0 Å². The van der Waals surface area contributed by atoms with Gasteiger partial charge in [-0.25, -0.2) is 4.79 Å². The second-order valence-electron chi connectivity index (χ2n) is 3.74. The third-order valence-corrected chi connectivity index (χ3v) is 2.74. The molecule has 2 aromatic carbocycles. The lowest BCUT2D eigenvalue weighted by molar-refractivity contribution is -0.132. The molecule has 0 spiro atoms. The van der Waals surface area contributed by atoms with Gasteiger partial charge in [0.25, 0.3) is 0 Å². The normalized spacial score (nSPS) is 13.1. The minimum Gasteiger partial charge on any atom is -0.477 e. The van der Waals surface area contributed by atoms with Crippen LogP contribution in [0.15, 0.2) is 42.1 Å². The van der Waals surface area contributed by atoms with Gasteiger partial charge in [-0.2, -0.15) is 0 Å². The molecule has 1 aliphatic rings. The molecule has 0 unspecified atom stereocenters. The number of carboxylic acids is 1. The second kappa shape index (κ2) is 3.10. The summed E-state index contributed by atoms with van der Waals surface area (Å²) in [6, 6.07) is 11.7. The zero-order valence-corrected chi connectivity index (χ0v) is 8.40. The number of hydrogen-bond acceptors (Lipinski definition) is 2. The minimum absolute atomic E-state index is 0.214. The lowest BCUT2D eigenvalue weighted by Crippen LogP contribution is -2.13. The number of carbonyl (C=O) groups is 1. The molecule has 1 aliphatic heterocycles. The molecule has 0 saturated heterocycles. The Morgan fingerprint density at radius 1 is 1.12 bits per heavy atom. The Balaban J connectivity index is 2.36. The standard InChI is InChI=1S/C13H9NO2/c15-13(16)11-7-9-5-1-3-8-4-2-6-10(14-11)12(8)9/h1-7,14H,(H,15,16). The highest BCUT2D eigenvalue weighted by molar-refractivity contribution is 6.09. The predicted molar refractivity (Wildman–Crippen MR) is 63.2 cm³/mol. The summed E-state index contributed by atoms with van der Waals surface area (Å²) in [4.78, 5) is 11.0. The molecular formula is C13H9NO2. The van der Waals surface area contributed by atoms with Gasteiger partial charge in [-0.15, -0.1) is 0 Å². The van der Waals surface area contributed by atoms with E-state index in [1.54, 1.807) is 6.08 Å². The fraction of sp³-hybridized carbons (Fsp3) is 0. The van der Waals surface area contributed by atoms with E-state index in [2.05, 4.69) is 5.32 Å². The SMILES string of the molecule is O=C(O)C1=Cc2cccc3cccc(c23)N1. The lowest BCUT2D eigenvalue weighted by atomic mass is 9.99. The van der Waals surface area contributed by atoms with Crippen molar-refractivity contribution in [3.05, 3.63) is 47.7 Å². The Kier molecular flexibility index (Phi) is 1.74. The molecular weight excluding hydrogens is 202 g/mol. The maximum Gasteiger partial charge on any atom is 0.352 e. The van der Waals surface area contributed by atoms with E-state index in [4.69, 9.17) is 5.11 Å². The van der Waals surface area contributed by atoms with Gasteiger partial charge in [0.05, 0.1) is 0 Å². The number of hydrogen-bond donors (Lipinski definition) is 2. The molecule has 3 heteroatoms. The summed E-state index contributed by atoms with van der Waals surface area (Å²) in [6.07, 6.45) is 1.66.